The van der Waals surface area contributed by atoms with Gasteiger partial charge in [0.25, 0.3) is 5.56 Å². The second kappa shape index (κ2) is 10.2. The summed E-state index contributed by atoms with van der Waals surface area (Å²) in [7, 11) is 1.56. The average Bonchev–Trinajstić information content (AvgIpc) is 3.03. The number of ether oxygens (including phenoxy) is 3. The minimum absolute atomic E-state index is 0.152. The molecule has 0 unspecified atom stereocenters. The van der Waals surface area contributed by atoms with Gasteiger partial charge < -0.3 is 19.1 Å². The number of hydrogen-bond acceptors (Lipinski definition) is 7. The Morgan fingerprint density at radius 1 is 1.23 bits per heavy atom. The minimum Gasteiger partial charge on any atom is -0.496 e. The quantitative estimate of drug-likeness (QED) is 0.595. The third-order valence-corrected chi connectivity index (χ3v) is 5.61. The number of nitrogens with zero attached hydrogens (tertiary/aromatic N) is 2. The molecule has 1 saturated heterocycles. The third-order valence-electron chi connectivity index (χ3n) is 4.55. The summed E-state index contributed by atoms with van der Waals surface area (Å²) in [6, 6.07) is 7.31. The molecule has 8 nitrogen and oxygen atoms in total. The van der Waals surface area contributed by atoms with Gasteiger partial charge in [-0.05, 0) is 19.1 Å². The van der Waals surface area contributed by atoms with Crippen LogP contribution in [-0.2, 0) is 25.6 Å². The number of para-hydroxylation sites is 1. The van der Waals surface area contributed by atoms with Gasteiger partial charge in [-0.25, -0.2) is 4.79 Å². The van der Waals surface area contributed by atoms with E-state index in [-0.39, 0.29) is 24.6 Å². The Hall–Kier alpha value is -2.91. The smallest absolute Gasteiger partial charge is 0.333 e. The van der Waals surface area contributed by atoms with Gasteiger partial charge in [-0.1, -0.05) is 18.2 Å². The number of amides is 1. The van der Waals surface area contributed by atoms with E-state index >= 15 is 0 Å². The highest BCUT2D eigenvalue weighted by Gasteiger charge is 2.19. The van der Waals surface area contributed by atoms with Crippen LogP contribution < -0.4 is 19.5 Å². The molecule has 0 spiro atoms. The van der Waals surface area contributed by atoms with Crippen molar-refractivity contribution >= 4 is 35.4 Å². The second-order valence-electron chi connectivity index (χ2n) is 6.47. The minimum atomic E-state index is -0.560. The molecule has 3 rings (SSSR count). The first-order chi connectivity index (χ1) is 14.5. The summed E-state index contributed by atoms with van der Waals surface area (Å²) >= 11 is 1.13. The molecular formula is C21H24N2O6S. The average molecular weight is 432 g/mol. The fraction of sp³-hybridized carbons (Fsp3) is 0.381. The van der Waals surface area contributed by atoms with E-state index in [1.807, 2.05) is 18.2 Å². The molecule has 1 aromatic heterocycles. The van der Waals surface area contributed by atoms with Gasteiger partial charge >= 0.3 is 5.97 Å². The number of carbonyl (C=O) groups is 2. The number of carbonyl (C=O) groups excluding carboxylic acids is 2. The zero-order chi connectivity index (χ0) is 21.5. The molecule has 1 amide bonds. The van der Waals surface area contributed by atoms with E-state index in [1.165, 1.54) is 10.6 Å². The highest BCUT2D eigenvalue weighted by molar-refractivity contribution is 7.07. The maximum Gasteiger partial charge on any atom is 0.333 e. The van der Waals surface area contributed by atoms with E-state index in [0.29, 0.717) is 41.2 Å². The van der Waals surface area contributed by atoms with E-state index in [4.69, 9.17) is 14.2 Å². The summed E-state index contributed by atoms with van der Waals surface area (Å²) in [6.07, 6.45) is 2.95. The molecule has 1 aliphatic rings. The third kappa shape index (κ3) is 5.17. The summed E-state index contributed by atoms with van der Waals surface area (Å²) in [5.41, 5.74) is 0.385. The maximum atomic E-state index is 13.1. The lowest BCUT2D eigenvalue weighted by molar-refractivity contribution is -0.136. The van der Waals surface area contributed by atoms with Crippen LogP contribution >= 0.6 is 11.3 Å². The number of rotatable bonds is 6. The first kappa shape index (κ1) is 21.8. The monoisotopic (exact) mass is 432 g/mol. The van der Waals surface area contributed by atoms with Gasteiger partial charge in [0.05, 0.1) is 37.5 Å². The normalized spacial score (nSPS) is 15.3. The van der Waals surface area contributed by atoms with Crippen molar-refractivity contribution in [2.24, 2.45) is 0 Å². The fourth-order valence-corrected chi connectivity index (χ4v) is 4.07. The van der Waals surface area contributed by atoms with Gasteiger partial charge in [0.2, 0.25) is 5.91 Å². The Kier molecular flexibility index (Phi) is 7.42. The number of esters is 1. The molecule has 0 saturated carbocycles. The Labute approximate surface area is 177 Å². The van der Waals surface area contributed by atoms with Crippen molar-refractivity contribution in [2.75, 3.05) is 40.0 Å². The first-order valence-electron chi connectivity index (χ1n) is 9.62. The van der Waals surface area contributed by atoms with Crippen molar-refractivity contribution in [3.05, 3.63) is 49.4 Å². The maximum absolute atomic E-state index is 13.1. The summed E-state index contributed by atoms with van der Waals surface area (Å²) in [5, 5.41) is 0. The van der Waals surface area contributed by atoms with Crippen LogP contribution in [0, 0.1) is 0 Å². The highest BCUT2D eigenvalue weighted by atomic mass is 32.1. The molecule has 9 heteroatoms. The predicted molar refractivity (Wildman–Crippen MR) is 113 cm³/mol. The summed E-state index contributed by atoms with van der Waals surface area (Å²) in [6.45, 7) is 3.68. The topological polar surface area (TPSA) is 87.1 Å². The molecule has 1 aliphatic heterocycles. The Balaban J connectivity index is 2.05. The molecule has 2 aromatic rings. The summed E-state index contributed by atoms with van der Waals surface area (Å²) in [4.78, 5) is 39.5. The van der Waals surface area contributed by atoms with E-state index in [2.05, 4.69) is 0 Å². The highest BCUT2D eigenvalue weighted by Crippen LogP contribution is 2.17. The molecule has 0 N–H and O–H groups in total. The van der Waals surface area contributed by atoms with Gasteiger partial charge in [-0.15, -0.1) is 11.3 Å². The lowest BCUT2D eigenvalue weighted by Crippen LogP contribution is -2.45. The number of hydrogen-bond donors (Lipinski definition) is 0. The van der Waals surface area contributed by atoms with Crippen molar-refractivity contribution in [1.29, 1.82) is 0 Å². The number of morpholine rings is 1. The van der Waals surface area contributed by atoms with Crippen molar-refractivity contribution in [2.45, 2.75) is 13.5 Å². The van der Waals surface area contributed by atoms with E-state index in [0.717, 1.165) is 16.9 Å². The van der Waals surface area contributed by atoms with Gasteiger partial charge in [0.1, 0.15) is 17.0 Å². The molecule has 1 fully saturated rings. The van der Waals surface area contributed by atoms with Crippen molar-refractivity contribution in [3.8, 4) is 5.75 Å². The zero-order valence-electron chi connectivity index (χ0n) is 17.0. The van der Waals surface area contributed by atoms with Crippen molar-refractivity contribution in [3.63, 3.8) is 0 Å². The number of thiazole rings is 1. The Bertz CT molecular complexity index is 1080. The van der Waals surface area contributed by atoms with Crippen LogP contribution in [0.25, 0.3) is 12.2 Å². The Morgan fingerprint density at radius 2 is 1.97 bits per heavy atom. The van der Waals surface area contributed by atoms with E-state index in [9.17, 15) is 14.4 Å². The van der Waals surface area contributed by atoms with Crippen molar-refractivity contribution < 1.29 is 23.8 Å². The lowest BCUT2D eigenvalue weighted by atomic mass is 10.2. The van der Waals surface area contributed by atoms with Crippen LogP contribution in [0.5, 0.6) is 5.75 Å². The molecule has 30 heavy (non-hydrogen) atoms. The molecular weight excluding hydrogens is 408 g/mol. The number of aromatic nitrogens is 1. The number of methoxy groups -OCH3 is 1. The van der Waals surface area contributed by atoms with Gasteiger partial charge in [0.15, 0.2) is 0 Å². The van der Waals surface area contributed by atoms with E-state index < -0.39 is 5.97 Å². The van der Waals surface area contributed by atoms with Gasteiger partial charge in [-0.2, -0.15) is 0 Å². The van der Waals surface area contributed by atoms with Crippen LogP contribution in [0.2, 0.25) is 0 Å². The molecule has 0 aliphatic carbocycles. The van der Waals surface area contributed by atoms with Crippen LogP contribution in [0.1, 0.15) is 12.5 Å². The lowest BCUT2D eigenvalue weighted by Gasteiger charge is -2.26. The summed E-state index contributed by atoms with van der Waals surface area (Å²) in [5.74, 6) is -0.132. The van der Waals surface area contributed by atoms with Gasteiger partial charge in [0, 0.05) is 18.7 Å². The SMILES string of the molecule is CCOC(=O)/C=c1/sc(=Cc2ccccc2OC)c(=O)n1CC(=O)N1CCOCC1. The fourth-order valence-electron chi connectivity index (χ4n) is 3.05. The van der Waals surface area contributed by atoms with Crippen LogP contribution in [0.15, 0.2) is 29.1 Å². The van der Waals surface area contributed by atoms with Crippen LogP contribution in [-0.4, -0.2) is 61.4 Å². The standard InChI is InChI=1S/C21H24N2O6S/c1-3-29-20(25)13-19-23(14-18(24)22-8-10-28-11-9-22)21(26)17(30-19)12-15-6-4-5-7-16(15)27-2/h4-7,12-13H,3,8-11,14H2,1-2H3/b17-12?,19-13+. The van der Waals surface area contributed by atoms with Gasteiger partial charge in [-0.3, -0.25) is 14.2 Å². The zero-order valence-corrected chi connectivity index (χ0v) is 17.8. The van der Waals surface area contributed by atoms with E-state index in [1.54, 1.807) is 31.1 Å². The molecule has 0 atom stereocenters. The van der Waals surface area contributed by atoms with Crippen molar-refractivity contribution in [1.82, 2.24) is 9.47 Å². The summed E-state index contributed by atoms with van der Waals surface area (Å²) < 4.78 is 17.7. The predicted octanol–water partition coefficient (Wildman–Crippen LogP) is -0.0504. The molecule has 0 bridgehead atoms. The number of benzene rings is 1. The largest absolute Gasteiger partial charge is 0.496 e. The molecule has 1 aromatic carbocycles. The van der Waals surface area contributed by atoms with Crippen LogP contribution in [0.4, 0.5) is 0 Å². The molecule has 2 heterocycles. The Morgan fingerprint density at radius 3 is 2.67 bits per heavy atom. The molecule has 160 valence electrons. The first-order valence-corrected chi connectivity index (χ1v) is 10.4. The molecule has 0 radical (unpaired) electrons. The second-order valence-corrected chi connectivity index (χ2v) is 7.53. The van der Waals surface area contributed by atoms with Crippen LogP contribution in [0.3, 0.4) is 0 Å².